The monoisotopic (exact) mass is 370 g/mol. The molecule has 1 amide bonds. The molecule has 0 aliphatic rings. The van der Waals surface area contributed by atoms with Crippen LogP contribution < -0.4 is 10.1 Å². The van der Waals surface area contributed by atoms with Crippen LogP contribution in [-0.4, -0.2) is 28.0 Å². The first-order valence-corrected chi connectivity index (χ1v) is 9.32. The second-order valence-electron chi connectivity index (χ2n) is 6.13. The van der Waals surface area contributed by atoms with Gasteiger partial charge in [0.15, 0.2) is 0 Å². The molecule has 0 fully saturated rings. The molecule has 2 heterocycles. The number of carbonyl (C=O) groups excluding carboxylic acids is 1. The Bertz CT molecular complexity index is 938. The van der Waals surface area contributed by atoms with Gasteiger partial charge in [0.25, 0.3) is 0 Å². The fourth-order valence-corrected chi connectivity index (χ4v) is 3.82. The number of aryl methyl sites for hydroxylation is 3. The zero-order valence-electron chi connectivity index (χ0n) is 15.4. The number of nitrogens with one attached hydrogen (secondary N) is 1. The molecule has 26 heavy (non-hydrogen) atoms. The Balaban J connectivity index is 1.67. The predicted molar refractivity (Wildman–Crippen MR) is 103 cm³/mol. The summed E-state index contributed by atoms with van der Waals surface area (Å²) >= 11 is 1.64. The topological polar surface area (TPSA) is 77.0 Å². The van der Waals surface area contributed by atoms with Crippen molar-refractivity contribution in [3.05, 3.63) is 45.5 Å². The lowest BCUT2D eigenvalue weighted by molar-refractivity contribution is -0.121. The Morgan fingerprint density at radius 2 is 1.88 bits per heavy atom. The maximum atomic E-state index is 12.4. The first-order valence-electron chi connectivity index (χ1n) is 8.51. The fraction of sp³-hybridized carbons (Fsp3) is 0.368. The van der Waals surface area contributed by atoms with Gasteiger partial charge in [-0.3, -0.25) is 4.79 Å². The molecule has 3 aromatic rings. The van der Waals surface area contributed by atoms with Crippen molar-refractivity contribution in [3.8, 4) is 5.88 Å². The van der Waals surface area contributed by atoms with Crippen molar-refractivity contribution < 1.29 is 9.53 Å². The van der Waals surface area contributed by atoms with E-state index in [-0.39, 0.29) is 11.9 Å². The van der Waals surface area contributed by atoms with Gasteiger partial charge < -0.3 is 10.1 Å². The third-order valence-corrected chi connectivity index (χ3v) is 5.02. The Morgan fingerprint density at radius 1 is 1.19 bits per heavy atom. The molecule has 0 aliphatic heterocycles. The van der Waals surface area contributed by atoms with Crippen molar-refractivity contribution in [2.75, 3.05) is 7.11 Å². The Morgan fingerprint density at radius 3 is 2.50 bits per heavy atom. The molecule has 0 spiro atoms. The molecule has 2 aromatic heterocycles. The van der Waals surface area contributed by atoms with E-state index in [2.05, 4.69) is 20.3 Å². The number of hydrogen-bond donors (Lipinski definition) is 1. The smallest absolute Gasteiger partial charge is 0.235 e. The van der Waals surface area contributed by atoms with E-state index in [1.54, 1.807) is 18.4 Å². The number of thiazole rings is 1. The van der Waals surface area contributed by atoms with E-state index in [1.807, 2.05) is 45.0 Å². The summed E-state index contributed by atoms with van der Waals surface area (Å²) in [5.41, 5.74) is 3.20. The quantitative estimate of drug-likeness (QED) is 0.718. The zero-order valence-corrected chi connectivity index (χ0v) is 16.2. The minimum Gasteiger partial charge on any atom is -0.480 e. The number of para-hydroxylation sites is 2. The molecule has 1 aromatic carbocycles. The summed E-state index contributed by atoms with van der Waals surface area (Å²) < 4.78 is 5.34. The van der Waals surface area contributed by atoms with Crippen LogP contribution in [0.3, 0.4) is 0 Å². The molecule has 0 saturated heterocycles. The third-order valence-electron chi connectivity index (χ3n) is 4.12. The van der Waals surface area contributed by atoms with Crippen LogP contribution in [0.5, 0.6) is 5.88 Å². The molecule has 1 N–H and O–H groups in total. The van der Waals surface area contributed by atoms with E-state index >= 15 is 0 Å². The van der Waals surface area contributed by atoms with Gasteiger partial charge in [0.05, 0.1) is 34.9 Å². The van der Waals surface area contributed by atoms with Gasteiger partial charge in [-0.15, -0.1) is 11.3 Å². The van der Waals surface area contributed by atoms with E-state index in [1.165, 1.54) is 0 Å². The predicted octanol–water partition coefficient (Wildman–Crippen LogP) is 3.52. The van der Waals surface area contributed by atoms with E-state index < -0.39 is 0 Å². The van der Waals surface area contributed by atoms with Gasteiger partial charge in [-0.05, 0) is 32.9 Å². The second-order valence-corrected chi connectivity index (χ2v) is 7.54. The summed E-state index contributed by atoms with van der Waals surface area (Å²) in [7, 11) is 1.57. The number of rotatable bonds is 6. The van der Waals surface area contributed by atoms with Crippen LogP contribution in [-0.2, 0) is 11.2 Å². The number of ether oxygens (including phenoxy) is 1. The molecule has 0 aliphatic carbocycles. The lowest BCUT2D eigenvalue weighted by atomic mass is 10.1. The Kier molecular flexibility index (Phi) is 5.46. The molecule has 136 valence electrons. The standard InChI is InChI=1S/C19H22N4O2S/c1-11(18-12(2)26-13(3)21-18)20-17(24)10-9-16-19(25-4)23-15-8-6-5-7-14(15)22-16/h5-8,11H,9-10H2,1-4H3,(H,20,24)/t11-/m0/s1. The molecule has 0 unspecified atom stereocenters. The molecule has 0 radical (unpaired) electrons. The van der Waals surface area contributed by atoms with Crippen molar-refractivity contribution in [1.82, 2.24) is 20.3 Å². The van der Waals surface area contributed by atoms with Crippen molar-refractivity contribution in [3.63, 3.8) is 0 Å². The van der Waals surface area contributed by atoms with Gasteiger partial charge in [-0.2, -0.15) is 0 Å². The number of hydrogen-bond acceptors (Lipinski definition) is 6. The highest BCUT2D eigenvalue weighted by Gasteiger charge is 2.17. The van der Waals surface area contributed by atoms with E-state index in [0.29, 0.717) is 24.4 Å². The highest BCUT2D eigenvalue weighted by molar-refractivity contribution is 7.11. The molecule has 7 heteroatoms. The number of nitrogens with zero attached hydrogens (tertiary/aromatic N) is 3. The van der Waals surface area contributed by atoms with Crippen molar-refractivity contribution in [2.45, 2.75) is 39.7 Å². The van der Waals surface area contributed by atoms with Crippen molar-refractivity contribution in [2.24, 2.45) is 0 Å². The van der Waals surface area contributed by atoms with E-state index in [4.69, 9.17) is 4.74 Å². The van der Waals surface area contributed by atoms with Gasteiger partial charge in [0.2, 0.25) is 11.8 Å². The van der Waals surface area contributed by atoms with Gasteiger partial charge in [-0.1, -0.05) is 12.1 Å². The molecule has 6 nitrogen and oxygen atoms in total. The SMILES string of the molecule is COc1nc2ccccc2nc1CCC(=O)N[C@@H](C)c1nc(C)sc1C. The van der Waals surface area contributed by atoms with Gasteiger partial charge >= 0.3 is 0 Å². The molecule has 3 rings (SSSR count). The summed E-state index contributed by atoms with van der Waals surface area (Å²) in [6, 6.07) is 7.51. The average Bonchev–Trinajstić information content (AvgIpc) is 2.97. The third kappa shape index (κ3) is 3.99. The van der Waals surface area contributed by atoms with Gasteiger partial charge in [-0.25, -0.2) is 15.0 Å². The largest absolute Gasteiger partial charge is 0.480 e. The summed E-state index contributed by atoms with van der Waals surface area (Å²) in [4.78, 5) is 27.1. The number of methoxy groups -OCH3 is 1. The first kappa shape index (κ1) is 18.3. The molecular formula is C19H22N4O2S. The number of benzene rings is 1. The van der Waals surface area contributed by atoms with Crippen LogP contribution in [0.2, 0.25) is 0 Å². The molecular weight excluding hydrogens is 348 g/mol. The number of carbonyl (C=O) groups is 1. The minimum atomic E-state index is -0.114. The number of amides is 1. The molecule has 0 bridgehead atoms. The van der Waals surface area contributed by atoms with Crippen molar-refractivity contribution in [1.29, 1.82) is 0 Å². The van der Waals surface area contributed by atoms with Crippen LogP contribution in [0.1, 0.15) is 40.7 Å². The van der Waals surface area contributed by atoms with Crippen LogP contribution in [0.15, 0.2) is 24.3 Å². The maximum Gasteiger partial charge on any atom is 0.235 e. The molecule has 1 atom stereocenters. The second kappa shape index (κ2) is 7.78. The summed E-state index contributed by atoms with van der Waals surface area (Å²) in [5.74, 6) is 0.426. The highest BCUT2D eigenvalue weighted by atomic mass is 32.1. The Hall–Kier alpha value is -2.54. The van der Waals surface area contributed by atoms with Crippen LogP contribution in [0, 0.1) is 13.8 Å². The van der Waals surface area contributed by atoms with Gasteiger partial charge in [0.1, 0.15) is 5.69 Å². The normalized spacial score (nSPS) is 12.2. The summed E-state index contributed by atoms with van der Waals surface area (Å²) in [6.07, 6.45) is 0.782. The number of fused-ring (bicyclic) bond motifs is 1. The lowest BCUT2D eigenvalue weighted by Crippen LogP contribution is -2.27. The highest BCUT2D eigenvalue weighted by Crippen LogP contribution is 2.23. The molecule has 0 saturated carbocycles. The number of aromatic nitrogens is 3. The Labute approximate surface area is 156 Å². The van der Waals surface area contributed by atoms with E-state index in [0.717, 1.165) is 26.6 Å². The minimum absolute atomic E-state index is 0.0421. The summed E-state index contributed by atoms with van der Waals surface area (Å²) in [6.45, 7) is 5.95. The van der Waals surface area contributed by atoms with Gasteiger partial charge in [0, 0.05) is 17.7 Å². The average molecular weight is 370 g/mol. The zero-order chi connectivity index (χ0) is 18.7. The fourth-order valence-electron chi connectivity index (χ4n) is 2.91. The van der Waals surface area contributed by atoms with Crippen LogP contribution in [0.25, 0.3) is 11.0 Å². The van der Waals surface area contributed by atoms with E-state index in [9.17, 15) is 4.79 Å². The van der Waals surface area contributed by atoms with Crippen LogP contribution >= 0.6 is 11.3 Å². The first-order chi connectivity index (χ1) is 12.5. The maximum absolute atomic E-state index is 12.4. The summed E-state index contributed by atoms with van der Waals surface area (Å²) in [5, 5.41) is 4.02. The van der Waals surface area contributed by atoms with Crippen molar-refractivity contribution >= 4 is 28.3 Å². The van der Waals surface area contributed by atoms with Crippen LogP contribution in [0.4, 0.5) is 0 Å². The lowest BCUT2D eigenvalue weighted by Gasteiger charge is -2.13.